The lowest BCUT2D eigenvalue weighted by atomic mass is 10.1. The number of nitrogens with one attached hydrogen (secondary N) is 1. The van der Waals surface area contributed by atoms with Gasteiger partial charge in [0.05, 0.1) is 11.4 Å². The number of nitrogens with zero attached hydrogens (tertiary/aromatic N) is 1. The molecule has 0 unspecified atom stereocenters. The minimum absolute atomic E-state index is 0.162. The van der Waals surface area contributed by atoms with Crippen molar-refractivity contribution in [3.63, 3.8) is 0 Å². The minimum atomic E-state index is -0.534. The van der Waals surface area contributed by atoms with Crippen molar-refractivity contribution in [2.24, 2.45) is 0 Å². The summed E-state index contributed by atoms with van der Waals surface area (Å²) in [5.41, 5.74) is 3.07. The van der Waals surface area contributed by atoms with E-state index in [1.54, 1.807) is 30.0 Å². The molecule has 0 fully saturated rings. The topological polar surface area (TPSA) is 49.4 Å². The molecule has 0 radical (unpaired) electrons. The smallest absolute Gasteiger partial charge is 0.259 e. The molecule has 0 bridgehead atoms. The van der Waals surface area contributed by atoms with Crippen molar-refractivity contribution in [2.75, 3.05) is 10.2 Å². The van der Waals surface area contributed by atoms with E-state index < -0.39 is 6.04 Å². The molecule has 1 atom stereocenters. The monoisotopic (exact) mass is 280 g/mol. The van der Waals surface area contributed by atoms with E-state index in [1.807, 2.05) is 37.3 Å². The number of aryl methyl sites for hydroxylation is 1. The molecule has 4 nitrogen and oxygen atoms in total. The third-order valence-corrected chi connectivity index (χ3v) is 3.71. The Kier molecular flexibility index (Phi) is 3.22. The van der Waals surface area contributed by atoms with Gasteiger partial charge in [-0.25, -0.2) is 0 Å². The lowest BCUT2D eigenvalue weighted by Crippen LogP contribution is -2.49. The van der Waals surface area contributed by atoms with Crippen LogP contribution < -0.4 is 10.2 Å². The third kappa shape index (κ3) is 2.29. The molecule has 1 aliphatic heterocycles. The summed E-state index contributed by atoms with van der Waals surface area (Å²) in [6.45, 7) is 3.71. The van der Waals surface area contributed by atoms with E-state index in [9.17, 15) is 9.59 Å². The maximum absolute atomic E-state index is 12.8. The van der Waals surface area contributed by atoms with Gasteiger partial charge < -0.3 is 5.32 Å². The highest BCUT2D eigenvalue weighted by Crippen LogP contribution is 2.32. The standard InChI is InChI=1S/C17H16N2O2/c1-11-7-9-13(10-8-11)17(21)19-12(2)16(20)18-14-5-3-4-6-15(14)19/h3-10,12H,1-2H3,(H,18,20)/t12-/m1/s1. The van der Waals surface area contributed by atoms with Gasteiger partial charge in [-0.05, 0) is 38.1 Å². The summed E-state index contributed by atoms with van der Waals surface area (Å²) in [6.07, 6.45) is 0. The van der Waals surface area contributed by atoms with Crippen LogP contribution in [-0.4, -0.2) is 17.9 Å². The molecule has 3 rings (SSSR count). The van der Waals surface area contributed by atoms with E-state index in [2.05, 4.69) is 5.32 Å². The fourth-order valence-corrected chi connectivity index (χ4v) is 2.47. The summed E-state index contributed by atoms with van der Waals surface area (Å²) in [6, 6.07) is 14.2. The van der Waals surface area contributed by atoms with Crippen LogP contribution in [0, 0.1) is 6.92 Å². The van der Waals surface area contributed by atoms with Gasteiger partial charge >= 0.3 is 0 Å². The van der Waals surface area contributed by atoms with E-state index in [0.29, 0.717) is 11.3 Å². The average molecular weight is 280 g/mol. The van der Waals surface area contributed by atoms with Crippen molar-refractivity contribution >= 4 is 23.2 Å². The highest BCUT2D eigenvalue weighted by atomic mass is 16.2. The van der Waals surface area contributed by atoms with Crippen molar-refractivity contribution in [3.05, 3.63) is 59.7 Å². The number of benzene rings is 2. The number of fused-ring (bicyclic) bond motifs is 1. The highest BCUT2D eigenvalue weighted by molar-refractivity contribution is 6.16. The molecule has 2 aromatic rings. The summed E-state index contributed by atoms with van der Waals surface area (Å²) in [5.74, 6) is -0.334. The first-order valence-electron chi connectivity index (χ1n) is 6.88. The van der Waals surface area contributed by atoms with Gasteiger partial charge in [0.15, 0.2) is 0 Å². The van der Waals surface area contributed by atoms with Crippen molar-refractivity contribution in [2.45, 2.75) is 19.9 Å². The third-order valence-electron chi connectivity index (χ3n) is 3.71. The molecule has 1 N–H and O–H groups in total. The second kappa shape index (κ2) is 5.05. The zero-order chi connectivity index (χ0) is 15.0. The van der Waals surface area contributed by atoms with Crippen LogP contribution in [0.1, 0.15) is 22.8 Å². The minimum Gasteiger partial charge on any atom is -0.322 e. The molecule has 0 spiro atoms. The summed E-state index contributed by atoms with van der Waals surface area (Å²) >= 11 is 0. The van der Waals surface area contributed by atoms with E-state index in [4.69, 9.17) is 0 Å². The number of hydrogen-bond acceptors (Lipinski definition) is 2. The van der Waals surface area contributed by atoms with Gasteiger partial charge in [0.1, 0.15) is 6.04 Å². The predicted molar refractivity (Wildman–Crippen MR) is 82.5 cm³/mol. The Morgan fingerprint density at radius 1 is 1.10 bits per heavy atom. The first-order valence-corrected chi connectivity index (χ1v) is 6.88. The van der Waals surface area contributed by atoms with Gasteiger partial charge in [-0.3, -0.25) is 14.5 Å². The van der Waals surface area contributed by atoms with E-state index >= 15 is 0 Å². The molecule has 2 amide bonds. The maximum Gasteiger partial charge on any atom is 0.259 e. The Balaban J connectivity index is 2.05. The van der Waals surface area contributed by atoms with E-state index in [-0.39, 0.29) is 11.8 Å². The van der Waals surface area contributed by atoms with Crippen molar-refractivity contribution in [1.82, 2.24) is 0 Å². The van der Waals surface area contributed by atoms with Crippen LogP contribution in [0.2, 0.25) is 0 Å². The summed E-state index contributed by atoms with van der Waals surface area (Å²) < 4.78 is 0. The zero-order valence-electron chi connectivity index (χ0n) is 12.0. The van der Waals surface area contributed by atoms with Crippen LogP contribution in [0.4, 0.5) is 11.4 Å². The molecular weight excluding hydrogens is 264 g/mol. The molecule has 106 valence electrons. The van der Waals surface area contributed by atoms with Crippen LogP contribution in [0.5, 0.6) is 0 Å². The molecule has 21 heavy (non-hydrogen) atoms. The van der Waals surface area contributed by atoms with Crippen LogP contribution in [-0.2, 0) is 4.79 Å². The maximum atomic E-state index is 12.8. The molecule has 0 saturated carbocycles. The summed E-state index contributed by atoms with van der Waals surface area (Å²) in [4.78, 5) is 26.4. The van der Waals surface area contributed by atoms with Gasteiger partial charge in [-0.2, -0.15) is 0 Å². The van der Waals surface area contributed by atoms with Crippen molar-refractivity contribution in [3.8, 4) is 0 Å². The lowest BCUT2D eigenvalue weighted by molar-refractivity contribution is -0.117. The van der Waals surface area contributed by atoms with Crippen LogP contribution >= 0.6 is 0 Å². The Morgan fingerprint density at radius 2 is 1.76 bits per heavy atom. The zero-order valence-corrected chi connectivity index (χ0v) is 12.0. The van der Waals surface area contributed by atoms with Gasteiger partial charge in [-0.15, -0.1) is 0 Å². The van der Waals surface area contributed by atoms with Gasteiger partial charge in [0.25, 0.3) is 5.91 Å². The second-order valence-corrected chi connectivity index (χ2v) is 5.22. The molecule has 0 aromatic heterocycles. The Hall–Kier alpha value is -2.62. The van der Waals surface area contributed by atoms with Gasteiger partial charge in [-0.1, -0.05) is 29.8 Å². The first-order chi connectivity index (χ1) is 10.1. The summed E-state index contributed by atoms with van der Waals surface area (Å²) in [7, 11) is 0. The quantitative estimate of drug-likeness (QED) is 0.873. The number of rotatable bonds is 1. The SMILES string of the molecule is Cc1ccc(C(=O)N2c3ccccc3NC(=O)[C@H]2C)cc1. The fraction of sp³-hybridized carbons (Fsp3) is 0.176. The Bertz CT molecular complexity index is 707. The number of carbonyl (C=O) groups excluding carboxylic acids is 2. The lowest BCUT2D eigenvalue weighted by Gasteiger charge is -2.34. The van der Waals surface area contributed by atoms with E-state index in [0.717, 1.165) is 11.3 Å². The number of anilines is 2. The highest BCUT2D eigenvalue weighted by Gasteiger charge is 2.33. The fourth-order valence-electron chi connectivity index (χ4n) is 2.47. The van der Waals surface area contributed by atoms with Crippen LogP contribution in [0.25, 0.3) is 0 Å². The normalized spacial score (nSPS) is 17.1. The molecule has 2 aromatic carbocycles. The Labute approximate surface area is 123 Å². The Morgan fingerprint density at radius 3 is 2.48 bits per heavy atom. The molecule has 0 saturated heterocycles. The molecule has 0 aliphatic carbocycles. The van der Waals surface area contributed by atoms with Gasteiger partial charge in [0.2, 0.25) is 5.91 Å². The van der Waals surface area contributed by atoms with Crippen LogP contribution in [0.3, 0.4) is 0 Å². The first kappa shape index (κ1) is 13.4. The predicted octanol–water partition coefficient (Wildman–Crippen LogP) is 2.98. The number of amides is 2. The number of carbonyl (C=O) groups is 2. The molecule has 1 heterocycles. The summed E-state index contributed by atoms with van der Waals surface area (Å²) in [5, 5.41) is 2.82. The number of hydrogen-bond donors (Lipinski definition) is 1. The van der Waals surface area contributed by atoms with Crippen molar-refractivity contribution < 1.29 is 9.59 Å². The second-order valence-electron chi connectivity index (χ2n) is 5.22. The molecule has 4 heteroatoms. The largest absolute Gasteiger partial charge is 0.322 e. The average Bonchev–Trinajstić information content (AvgIpc) is 2.49. The van der Waals surface area contributed by atoms with Gasteiger partial charge in [0, 0.05) is 5.56 Å². The van der Waals surface area contributed by atoms with E-state index in [1.165, 1.54) is 0 Å². The van der Waals surface area contributed by atoms with Crippen LogP contribution in [0.15, 0.2) is 48.5 Å². The van der Waals surface area contributed by atoms with Crippen molar-refractivity contribution in [1.29, 1.82) is 0 Å². The molecule has 1 aliphatic rings. The molecular formula is C17H16N2O2. The number of para-hydroxylation sites is 2.